The molecule has 0 bridgehead atoms. The summed E-state index contributed by atoms with van der Waals surface area (Å²) in [5.74, 6) is -1.31. The summed E-state index contributed by atoms with van der Waals surface area (Å²) in [6.45, 7) is 1.11. The van der Waals surface area contributed by atoms with E-state index < -0.39 is 11.7 Å². The molecule has 0 aliphatic heterocycles. The predicted octanol–water partition coefficient (Wildman–Crippen LogP) is 2.84. The van der Waals surface area contributed by atoms with Crippen LogP contribution in [0.1, 0.15) is 27.1 Å². The Kier molecular flexibility index (Phi) is 6.45. The summed E-state index contributed by atoms with van der Waals surface area (Å²) in [6, 6.07) is 12.1. The zero-order valence-corrected chi connectivity index (χ0v) is 13.3. The number of ether oxygens (including phenoxy) is 1. The van der Waals surface area contributed by atoms with Crippen molar-refractivity contribution in [3.8, 4) is 0 Å². The van der Waals surface area contributed by atoms with Gasteiger partial charge in [-0.05, 0) is 42.8 Å². The van der Waals surface area contributed by atoms with E-state index in [1.807, 2.05) is 0 Å². The van der Waals surface area contributed by atoms with E-state index in [0.29, 0.717) is 24.4 Å². The van der Waals surface area contributed by atoms with Gasteiger partial charge in [0.1, 0.15) is 5.82 Å². The number of benzene rings is 2. The minimum Gasteiger partial charge on any atom is -0.385 e. The van der Waals surface area contributed by atoms with Gasteiger partial charge in [0.2, 0.25) is 0 Å². The van der Waals surface area contributed by atoms with Gasteiger partial charge in [-0.15, -0.1) is 0 Å². The summed E-state index contributed by atoms with van der Waals surface area (Å²) in [7, 11) is 1.61. The van der Waals surface area contributed by atoms with E-state index in [1.54, 1.807) is 37.4 Å². The highest BCUT2D eigenvalue weighted by Gasteiger charge is 2.11. The smallest absolute Gasteiger partial charge is 0.258 e. The molecule has 2 aromatic carbocycles. The molecule has 5 nitrogen and oxygen atoms in total. The molecule has 0 unspecified atom stereocenters. The quantitative estimate of drug-likeness (QED) is 0.767. The first kappa shape index (κ1) is 17.6. The molecule has 2 N–H and O–H groups in total. The van der Waals surface area contributed by atoms with Crippen LogP contribution in [-0.4, -0.2) is 32.1 Å². The van der Waals surface area contributed by atoms with Crippen LogP contribution >= 0.6 is 0 Å². The Morgan fingerprint density at radius 3 is 2.42 bits per heavy atom. The van der Waals surface area contributed by atoms with Gasteiger partial charge in [0.05, 0.1) is 5.56 Å². The van der Waals surface area contributed by atoms with E-state index in [9.17, 15) is 14.0 Å². The third-order valence-corrected chi connectivity index (χ3v) is 3.33. The summed E-state index contributed by atoms with van der Waals surface area (Å²) in [6.07, 6.45) is 0.735. The Morgan fingerprint density at radius 1 is 1.04 bits per heavy atom. The zero-order chi connectivity index (χ0) is 17.4. The Labute approximate surface area is 139 Å². The van der Waals surface area contributed by atoms with Crippen LogP contribution in [0.2, 0.25) is 0 Å². The molecule has 2 rings (SSSR count). The molecule has 0 spiro atoms. The highest BCUT2D eigenvalue weighted by molar-refractivity contribution is 6.04. The van der Waals surface area contributed by atoms with Crippen molar-refractivity contribution in [1.29, 1.82) is 0 Å². The molecule has 0 heterocycles. The van der Waals surface area contributed by atoms with Crippen LogP contribution in [0.15, 0.2) is 48.5 Å². The van der Waals surface area contributed by atoms with Crippen molar-refractivity contribution < 1.29 is 18.7 Å². The average molecular weight is 330 g/mol. The molecule has 0 saturated carbocycles. The Balaban J connectivity index is 1.93. The molecule has 2 amide bonds. The van der Waals surface area contributed by atoms with Gasteiger partial charge in [0, 0.05) is 31.5 Å². The summed E-state index contributed by atoms with van der Waals surface area (Å²) in [5, 5.41) is 5.37. The van der Waals surface area contributed by atoms with Crippen LogP contribution in [0.3, 0.4) is 0 Å². The second kappa shape index (κ2) is 8.79. The fraction of sp³-hybridized carbons (Fsp3) is 0.222. The normalized spacial score (nSPS) is 10.2. The maximum absolute atomic E-state index is 13.6. The Hall–Kier alpha value is -2.73. The fourth-order valence-corrected chi connectivity index (χ4v) is 2.07. The molecule has 24 heavy (non-hydrogen) atoms. The van der Waals surface area contributed by atoms with Gasteiger partial charge in [-0.2, -0.15) is 0 Å². The van der Waals surface area contributed by atoms with Gasteiger partial charge in [-0.3, -0.25) is 9.59 Å². The van der Waals surface area contributed by atoms with Crippen molar-refractivity contribution in [3.63, 3.8) is 0 Å². The molecule has 6 heteroatoms. The molecule has 126 valence electrons. The number of nitrogens with one attached hydrogen (secondary N) is 2. The lowest BCUT2D eigenvalue weighted by molar-refractivity contribution is 0.0948. The number of amides is 2. The van der Waals surface area contributed by atoms with Crippen LogP contribution < -0.4 is 10.6 Å². The second-order valence-electron chi connectivity index (χ2n) is 5.11. The third kappa shape index (κ3) is 4.89. The zero-order valence-electron chi connectivity index (χ0n) is 13.3. The Morgan fingerprint density at radius 2 is 1.75 bits per heavy atom. The fourth-order valence-electron chi connectivity index (χ4n) is 2.07. The minimum atomic E-state index is -0.581. The van der Waals surface area contributed by atoms with E-state index in [4.69, 9.17) is 4.74 Å². The molecule has 0 aliphatic carbocycles. The molecule has 0 fully saturated rings. The molecule has 0 atom stereocenters. The number of carbonyl (C=O) groups excluding carboxylic acids is 2. The molecule has 0 saturated heterocycles. The standard InChI is InChI=1S/C18H19FN2O3/c1-24-12-4-11-20-17(22)13-7-9-14(10-8-13)21-18(23)15-5-2-3-6-16(15)19/h2-3,5-10H,4,11-12H2,1H3,(H,20,22)(H,21,23). The average Bonchev–Trinajstić information content (AvgIpc) is 2.59. The molecule has 0 aliphatic rings. The van der Waals surface area contributed by atoms with Crippen molar-refractivity contribution >= 4 is 17.5 Å². The van der Waals surface area contributed by atoms with Crippen LogP contribution in [0.5, 0.6) is 0 Å². The van der Waals surface area contributed by atoms with Gasteiger partial charge in [0.15, 0.2) is 0 Å². The number of hydrogen-bond donors (Lipinski definition) is 2. The van der Waals surface area contributed by atoms with E-state index in [-0.39, 0.29) is 11.5 Å². The largest absolute Gasteiger partial charge is 0.385 e. The van der Waals surface area contributed by atoms with E-state index >= 15 is 0 Å². The van der Waals surface area contributed by atoms with Crippen molar-refractivity contribution in [2.45, 2.75) is 6.42 Å². The first-order valence-electron chi connectivity index (χ1n) is 7.55. The lowest BCUT2D eigenvalue weighted by atomic mass is 10.1. The van der Waals surface area contributed by atoms with Gasteiger partial charge in [-0.25, -0.2) is 4.39 Å². The van der Waals surface area contributed by atoms with Crippen molar-refractivity contribution in [2.24, 2.45) is 0 Å². The van der Waals surface area contributed by atoms with Crippen LogP contribution in [0.4, 0.5) is 10.1 Å². The number of halogens is 1. The minimum absolute atomic E-state index is 0.0301. The van der Waals surface area contributed by atoms with Crippen LogP contribution in [0.25, 0.3) is 0 Å². The van der Waals surface area contributed by atoms with Crippen LogP contribution in [0, 0.1) is 5.82 Å². The Bertz CT molecular complexity index is 702. The summed E-state index contributed by atoms with van der Waals surface area (Å²) >= 11 is 0. The van der Waals surface area contributed by atoms with E-state index in [2.05, 4.69) is 10.6 Å². The molecule has 2 aromatic rings. The third-order valence-electron chi connectivity index (χ3n) is 3.33. The highest BCUT2D eigenvalue weighted by atomic mass is 19.1. The lowest BCUT2D eigenvalue weighted by Gasteiger charge is -2.08. The van der Waals surface area contributed by atoms with Gasteiger partial charge >= 0.3 is 0 Å². The number of rotatable bonds is 7. The SMILES string of the molecule is COCCCNC(=O)c1ccc(NC(=O)c2ccccc2F)cc1. The van der Waals surface area contributed by atoms with Gasteiger partial charge < -0.3 is 15.4 Å². The summed E-state index contributed by atoms with van der Waals surface area (Å²) in [5.41, 5.74) is 0.938. The number of hydrogen-bond acceptors (Lipinski definition) is 3. The maximum Gasteiger partial charge on any atom is 0.258 e. The van der Waals surface area contributed by atoms with E-state index in [0.717, 1.165) is 6.42 Å². The summed E-state index contributed by atoms with van der Waals surface area (Å²) < 4.78 is 18.5. The van der Waals surface area contributed by atoms with Crippen LogP contribution in [-0.2, 0) is 4.74 Å². The lowest BCUT2D eigenvalue weighted by Crippen LogP contribution is -2.25. The van der Waals surface area contributed by atoms with Gasteiger partial charge in [-0.1, -0.05) is 12.1 Å². The monoisotopic (exact) mass is 330 g/mol. The molecule has 0 radical (unpaired) electrons. The van der Waals surface area contributed by atoms with E-state index in [1.165, 1.54) is 18.2 Å². The van der Waals surface area contributed by atoms with Crippen molar-refractivity contribution in [3.05, 3.63) is 65.5 Å². The first-order valence-corrected chi connectivity index (χ1v) is 7.55. The maximum atomic E-state index is 13.6. The van der Waals surface area contributed by atoms with Crippen molar-refractivity contribution in [2.75, 3.05) is 25.6 Å². The second-order valence-corrected chi connectivity index (χ2v) is 5.11. The topological polar surface area (TPSA) is 67.4 Å². The predicted molar refractivity (Wildman–Crippen MR) is 89.6 cm³/mol. The molecular formula is C18H19FN2O3. The number of methoxy groups -OCH3 is 1. The van der Waals surface area contributed by atoms with Gasteiger partial charge in [0.25, 0.3) is 11.8 Å². The van der Waals surface area contributed by atoms with Crippen molar-refractivity contribution in [1.82, 2.24) is 5.32 Å². The first-order chi connectivity index (χ1) is 11.6. The highest BCUT2D eigenvalue weighted by Crippen LogP contribution is 2.13. The molecular weight excluding hydrogens is 311 g/mol. The molecule has 0 aromatic heterocycles. The summed E-state index contributed by atoms with van der Waals surface area (Å²) in [4.78, 5) is 23.9. The number of anilines is 1. The number of carbonyl (C=O) groups is 2.